The van der Waals surface area contributed by atoms with Crippen LogP contribution in [-0.4, -0.2) is 33.1 Å². The van der Waals surface area contributed by atoms with Crippen LogP contribution in [0.1, 0.15) is 61.0 Å². The number of nitrogens with zero attached hydrogens (tertiary/aromatic N) is 3. The largest absolute Gasteiger partial charge is 0.368 e. The molecule has 25 heavy (non-hydrogen) atoms. The number of aromatic nitrogens is 3. The summed E-state index contributed by atoms with van der Waals surface area (Å²) < 4.78 is 8.02. The molecule has 0 spiro atoms. The van der Waals surface area contributed by atoms with E-state index in [2.05, 4.69) is 40.6 Å². The summed E-state index contributed by atoms with van der Waals surface area (Å²) in [4.78, 5) is 21.6. The zero-order chi connectivity index (χ0) is 17.8. The first kappa shape index (κ1) is 18.1. The van der Waals surface area contributed by atoms with Crippen molar-refractivity contribution >= 4 is 17.2 Å². The van der Waals surface area contributed by atoms with Gasteiger partial charge in [0.2, 0.25) is 0 Å². The van der Waals surface area contributed by atoms with Crippen LogP contribution in [-0.2, 0) is 17.7 Å². The number of ether oxygens (including phenoxy) is 1. The molecule has 2 atom stereocenters. The van der Waals surface area contributed by atoms with Gasteiger partial charge in [-0.05, 0) is 25.7 Å². The number of carbonyl (C=O) groups is 1. The first-order chi connectivity index (χ1) is 12.1. The van der Waals surface area contributed by atoms with Crippen molar-refractivity contribution in [1.29, 1.82) is 0 Å². The average Bonchev–Trinajstić information content (AvgIpc) is 3.23. The molecule has 1 aliphatic rings. The summed E-state index contributed by atoms with van der Waals surface area (Å²) in [5.41, 5.74) is 0.504. The third kappa shape index (κ3) is 4.27. The topological polar surface area (TPSA) is 69.0 Å². The maximum Gasteiger partial charge on any atom is 0.271 e. The SMILES string of the molecule is CCn1ccnc1[C@H]1OCCC[C@@H]1NC(=O)c1csc(CC(C)C)n1. The fraction of sp³-hybridized carbons (Fsp3) is 0.611. The molecule has 3 rings (SSSR count). The Balaban J connectivity index is 1.71. The molecule has 1 amide bonds. The molecule has 7 heteroatoms. The lowest BCUT2D eigenvalue weighted by Crippen LogP contribution is -2.43. The maximum absolute atomic E-state index is 12.6. The number of carbonyl (C=O) groups excluding carboxylic acids is 1. The second-order valence-electron chi connectivity index (χ2n) is 6.81. The van der Waals surface area contributed by atoms with Crippen molar-refractivity contribution in [3.8, 4) is 0 Å². The quantitative estimate of drug-likeness (QED) is 0.857. The number of hydrogen-bond acceptors (Lipinski definition) is 5. The molecular formula is C18H26N4O2S. The predicted octanol–water partition coefficient (Wildman–Crippen LogP) is 3.21. The smallest absolute Gasteiger partial charge is 0.271 e. The molecule has 0 unspecified atom stereocenters. The van der Waals surface area contributed by atoms with Gasteiger partial charge in [0.15, 0.2) is 0 Å². The van der Waals surface area contributed by atoms with E-state index in [9.17, 15) is 4.79 Å². The highest BCUT2D eigenvalue weighted by molar-refractivity contribution is 7.09. The van der Waals surface area contributed by atoms with Gasteiger partial charge in [0.1, 0.15) is 17.6 Å². The predicted molar refractivity (Wildman–Crippen MR) is 97.7 cm³/mol. The summed E-state index contributed by atoms with van der Waals surface area (Å²) in [6.07, 6.45) is 6.25. The van der Waals surface area contributed by atoms with Crippen molar-refractivity contribution in [2.45, 2.75) is 58.7 Å². The van der Waals surface area contributed by atoms with Gasteiger partial charge in [-0.3, -0.25) is 4.79 Å². The van der Waals surface area contributed by atoms with Crippen LogP contribution >= 0.6 is 11.3 Å². The zero-order valence-electron chi connectivity index (χ0n) is 15.1. The highest BCUT2D eigenvalue weighted by Crippen LogP contribution is 2.28. The van der Waals surface area contributed by atoms with Crippen LogP contribution in [0.4, 0.5) is 0 Å². The Morgan fingerprint density at radius 1 is 1.52 bits per heavy atom. The molecule has 136 valence electrons. The lowest BCUT2D eigenvalue weighted by atomic mass is 10.0. The maximum atomic E-state index is 12.6. The second-order valence-corrected chi connectivity index (χ2v) is 7.75. The van der Waals surface area contributed by atoms with Gasteiger partial charge >= 0.3 is 0 Å². The van der Waals surface area contributed by atoms with Crippen LogP contribution in [0, 0.1) is 5.92 Å². The van der Waals surface area contributed by atoms with Crippen LogP contribution in [0.15, 0.2) is 17.8 Å². The van der Waals surface area contributed by atoms with Crippen molar-refractivity contribution in [3.05, 3.63) is 34.3 Å². The summed E-state index contributed by atoms with van der Waals surface area (Å²) >= 11 is 1.55. The number of nitrogens with one attached hydrogen (secondary N) is 1. The highest BCUT2D eigenvalue weighted by Gasteiger charge is 2.32. The molecule has 1 fully saturated rings. The van der Waals surface area contributed by atoms with Crippen LogP contribution in [0.2, 0.25) is 0 Å². The third-order valence-corrected chi connectivity index (χ3v) is 5.22. The van der Waals surface area contributed by atoms with E-state index in [4.69, 9.17) is 4.74 Å². The van der Waals surface area contributed by atoms with E-state index in [0.717, 1.165) is 36.6 Å². The van der Waals surface area contributed by atoms with E-state index >= 15 is 0 Å². The molecule has 0 aliphatic carbocycles. The summed E-state index contributed by atoms with van der Waals surface area (Å²) in [6, 6.07) is -0.0794. The molecule has 6 nitrogen and oxygen atoms in total. The summed E-state index contributed by atoms with van der Waals surface area (Å²) in [7, 11) is 0. The van der Waals surface area contributed by atoms with Gasteiger partial charge in [-0.1, -0.05) is 13.8 Å². The van der Waals surface area contributed by atoms with Crippen LogP contribution in [0.25, 0.3) is 0 Å². The van der Waals surface area contributed by atoms with Gasteiger partial charge < -0.3 is 14.6 Å². The van der Waals surface area contributed by atoms with Crippen molar-refractivity contribution in [3.63, 3.8) is 0 Å². The van der Waals surface area contributed by atoms with Crippen molar-refractivity contribution in [2.75, 3.05) is 6.61 Å². The molecule has 2 aromatic rings. The fourth-order valence-electron chi connectivity index (χ4n) is 3.13. The Labute approximate surface area is 152 Å². The monoisotopic (exact) mass is 362 g/mol. The Morgan fingerprint density at radius 3 is 3.12 bits per heavy atom. The summed E-state index contributed by atoms with van der Waals surface area (Å²) in [5.74, 6) is 1.29. The minimum atomic E-state index is -0.207. The summed E-state index contributed by atoms with van der Waals surface area (Å²) in [5, 5.41) is 5.98. The Kier molecular flexibility index (Phi) is 5.86. The number of rotatable bonds is 6. The Hall–Kier alpha value is -1.73. The minimum absolute atomic E-state index is 0.0794. The van der Waals surface area contributed by atoms with E-state index in [0.29, 0.717) is 18.2 Å². The first-order valence-corrected chi connectivity index (χ1v) is 9.84. The number of amides is 1. The standard InChI is InChI=1S/C18H26N4O2S/c1-4-22-8-7-19-17(22)16-13(6-5-9-24-16)21-18(23)14-11-25-15(20-14)10-12(2)3/h7-8,11-13,16H,4-6,9-10H2,1-3H3,(H,21,23)/t13-,16-/m0/s1. The van der Waals surface area contributed by atoms with Gasteiger partial charge in [0, 0.05) is 37.3 Å². The van der Waals surface area contributed by atoms with Crippen LogP contribution in [0.5, 0.6) is 0 Å². The third-order valence-electron chi connectivity index (χ3n) is 4.35. The number of hydrogen-bond donors (Lipinski definition) is 1. The van der Waals surface area contributed by atoms with E-state index in [1.54, 1.807) is 17.5 Å². The normalized spacial score (nSPS) is 20.8. The summed E-state index contributed by atoms with van der Waals surface area (Å²) in [6.45, 7) is 7.92. The van der Waals surface area contributed by atoms with Crippen molar-refractivity contribution in [2.24, 2.45) is 5.92 Å². The molecule has 3 heterocycles. The fourth-order valence-corrected chi connectivity index (χ4v) is 4.12. The zero-order valence-corrected chi connectivity index (χ0v) is 15.9. The molecule has 0 radical (unpaired) electrons. The molecular weight excluding hydrogens is 336 g/mol. The molecule has 1 saturated heterocycles. The number of aryl methyl sites for hydroxylation is 1. The van der Waals surface area contributed by atoms with Crippen LogP contribution in [0.3, 0.4) is 0 Å². The molecule has 0 aromatic carbocycles. The Bertz CT molecular complexity index is 710. The van der Waals surface area contributed by atoms with E-state index in [1.807, 2.05) is 11.6 Å². The average molecular weight is 362 g/mol. The van der Waals surface area contributed by atoms with Crippen molar-refractivity contribution < 1.29 is 9.53 Å². The van der Waals surface area contributed by atoms with Crippen LogP contribution < -0.4 is 5.32 Å². The highest BCUT2D eigenvalue weighted by atomic mass is 32.1. The molecule has 1 aliphatic heterocycles. The van der Waals surface area contributed by atoms with Gasteiger partial charge in [0.05, 0.1) is 11.0 Å². The minimum Gasteiger partial charge on any atom is -0.368 e. The lowest BCUT2D eigenvalue weighted by Gasteiger charge is -2.32. The van der Waals surface area contributed by atoms with Gasteiger partial charge in [0.25, 0.3) is 5.91 Å². The lowest BCUT2D eigenvalue weighted by molar-refractivity contribution is -0.0163. The number of thiazole rings is 1. The van der Waals surface area contributed by atoms with Gasteiger partial charge in [-0.15, -0.1) is 11.3 Å². The van der Waals surface area contributed by atoms with Gasteiger partial charge in [-0.25, -0.2) is 9.97 Å². The molecule has 1 N–H and O–H groups in total. The molecule has 2 aromatic heterocycles. The van der Waals surface area contributed by atoms with Gasteiger partial charge in [-0.2, -0.15) is 0 Å². The number of imidazole rings is 1. The van der Waals surface area contributed by atoms with Crippen molar-refractivity contribution in [1.82, 2.24) is 19.9 Å². The van der Waals surface area contributed by atoms with E-state index < -0.39 is 0 Å². The van der Waals surface area contributed by atoms with E-state index in [1.165, 1.54) is 0 Å². The van der Waals surface area contributed by atoms with E-state index in [-0.39, 0.29) is 18.1 Å². The first-order valence-electron chi connectivity index (χ1n) is 8.96. The second kappa shape index (κ2) is 8.10. The Morgan fingerprint density at radius 2 is 2.36 bits per heavy atom. The molecule has 0 bridgehead atoms. The molecule has 0 saturated carbocycles.